The van der Waals surface area contributed by atoms with Crippen LogP contribution in [0.3, 0.4) is 0 Å². The minimum Gasteiger partial charge on any atom is -0.322 e. The van der Waals surface area contributed by atoms with Crippen LogP contribution in [0.25, 0.3) is 10.9 Å². The molecule has 3 rings (SSSR count). The van der Waals surface area contributed by atoms with Crippen molar-refractivity contribution in [2.75, 3.05) is 0 Å². The molecule has 0 fully saturated rings. The van der Waals surface area contributed by atoms with Gasteiger partial charge >= 0.3 is 0 Å². The highest BCUT2D eigenvalue weighted by atomic mass is 32.2. The lowest BCUT2D eigenvalue weighted by molar-refractivity contribution is 0.598. The van der Waals surface area contributed by atoms with Crippen LogP contribution < -0.4 is 5.56 Å². The molecule has 82 valence electrons. The predicted molar refractivity (Wildman–Crippen MR) is 60.9 cm³/mol. The molecule has 1 aliphatic heterocycles. The zero-order chi connectivity index (χ0) is 11.3. The summed E-state index contributed by atoms with van der Waals surface area (Å²) >= 11 is 0. The monoisotopic (exact) mass is 235 g/mol. The standard InChI is InChI=1S/C11H9NO3S/c13-11-9-6-16(14,15)5-8(9)7-3-1-2-4-10(7)12-11/h1-4H,5-6H2,(H,12,13). The molecule has 1 aliphatic rings. The second kappa shape index (κ2) is 2.95. The predicted octanol–water partition coefficient (Wildman–Crippen LogP) is 0.957. The van der Waals surface area contributed by atoms with E-state index in [0.29, 0.717) is 16.6 Å². The molecule has 16 heavy (non-hydrogen) atoms. The Bertz CT molecular complexity index is 743. The fourth-order valence-corrected chi connectivity index (χ4v) is 3.78. The van der Waals surface area contributed by atoms with Crippen LogP contribution in [0.15, 0.2) is 29.1 Å². The summed E-state index contributed by atoms with van der Waals surface area (Å²) < 4.78 is 23.1. The number of hydrogen-bond acceptors (Lipinski definition) is 3. The van der Waals surface area contributed by atoms with Crippen LogP contribution in [-0.4, -0.2) is 13.4 Å². The lowest BCUT2D eigenvalue weighted by atomic mass is 10.1. The summed E-state index contributed by atoms with van der Waals surface area (Å²) in [5.41, 5.74) is 1.48. The molecule has 1 aromatic carbocycles. The van der Waals surface area contributed by atoms with Gasteiger partial charge in [-0.1, -0.05) is 18.2 Å². The second-order valence-corrected chi connectivity index (χ2v) is 6.05. The molecule has 5 heteroatoms. The van der Waals surface area contributed by atoms with Crippen LogP contribution in [0.1, 0.15) is 11.1 Å². The van der Waals surface area contributed by atoms with E-state index in [2.05, 4.69) is 4.98 Å². The number of rotatable bonds is 0. The minimum atomic E-state index is -3.14. The molecular formula is C11H9NO3S. The van der Waals surface area contributed by atoms with E-state index in [1.54, 1.807) is 6.07 Å². The van der Waals surface area contributed by atoms with Gasteiger partial charge in [-0.05, 0) is 11.6 Å². The van der Waals surface area contributed by atoms with E-state index in [1.165, 1.54) is 0 Å². The summed E-state index contributed by atoms with van der Waals surface area (Å²) in [7, 11) is -3.14. The summed E-state index contributed by atoms with van der Waals surface area (Å²) in [6.07, 6.45) is 0. The molecule has 0 spiro atoms. The summed E-state index contributed by atoms with van der Waals surface area (Å²) in [5, 5.41) is 0.832. The van der Waals surface area contributed by atoms with Crippen LogP contribution >= 0.6 is 0 Å². The smallest absolute Gasteiger partial charge is 0.252 e. The van der Waals surface area contributed by atoms with Crippen molar-refractivity contribution in [3.63, 3.8) is 0 Å². The zero-order valence-electron chi connectivity index (χ0n) is 8.36. The van der Waals surface area contributed by atoms with E-state index in [9.17, 15) is 13.2 Å². The van der Waals surface area contributed by atoms with Crippen molar-refractivity contribution in [3.05, 3.63) is 45.7 Å². The molecule has 0 saturated carbocycles. The lowest BCUT2D eigenvalue weighted by Crippen LogP contribution is -2.12. The van der Waals surface area contributed by atoms with Gasteiger partial charge in [0.25, 0.3) is 5.56 Å². The Morgan fingerprint density at radius 3 is 2.56 bits per heavy atom. The maximum absolute atomic E-state index is 11.7. The van der Waals surface area contributed by atoms with Gasteiger partial charge in [0.15, 0.2) is 9.84 Å². The summed E-state index contributed by atoms with van der Waals surface area (Å²) in [5.74, 6) is -0.157. The van der Waals surface area contributed by atoms with Crippen LogP contribution in [0.2, 0.25) is 0 Å². The average Bonchev–Trinajstić information content (AvgIpc) is 2.55. The number of hydrogen-bond donors (Lipinski definition) is 1. The number of nitrogens with one attached hydrogen (secondary N) is 1. The molecule has 0 amide bonds. The fraction of sp³-hybridized carbons (Fsp3) is 0.182. The van der Waals surface area contributed by atoms with Crippen molar-refractivity contribution in [2.45, 2.75) is 11.5 Å². The molecule has 4 nitrogen and oxygen atoms in total. The minimum absolute atomic E-state index is 0.0211. The first-order chi connectivity index (χ1) is 7.57. The Morgan fingerprint density at radius 2 is 1.75 bits per heavy atom. The van der Waals surface area contributed by atoms with Crippen molar-refractivity contribution in [2.24, 2.45) is 0 Å². The highest BCUT2D eigenvalue weighted by Crippen LogP contribution is 2.27. The van der Waals surface area contributed by atoms with E-state index in [4.69, 9.17) is 0 Å². The topological polar surface area (TPSA) is 67.0 Å². The molecule has 0 aliphatic carbocycles. The molecule has 0 atom stereocenters. The zero-order valence-corrected chi connectivity index (χ0v) is 9.17. The summed E-state index contributed by atoms with van der Waals surface area (Å²) in [6, 6.07) is 7.27. The van der Waals surface area contributed by atoms with E-state index in [1.807, 2.05) is 18.2 Å². The molecule has 1 N–H and O–H groups in total. The van der Waals surface area contributed by atoms with Crippen molar-refractivity contribution >= 4 is 20.7 Å². The number of benzene rings is 1. The molecule has 0 radical (unpaired) electrons. The number of sulfone groups is 1. The molecule has 2 aromatic rings. The number of aromatic amines is 1. The summed E-state index contributed by atoms with van der Waals surface area (Å²) in [6.45, 7) is 0. The van der Waals surface area contributed by atoms with Crippen molar-refractivity contribution in [1.29, 1.82) is 0 Å². The van der Waals surface area contributed by atoms with Gasteiger partial charge in [0.1, 0.15) is 0 Å². The van der Waals surface area contributed by atoms with E-state index < -0.39 is 9.84 Å². The maximum atomic E-state index is 11.7. The van der Waals surface area contributed by atoms with E-state index in [-0.39, 0.29) is 17.1 Å². The average molecular weight is 235 g/mol. The lowest BCUT2D eigenvalue weighted by Gasteiger charge is -2.02. The van der Waals surface area contributed by atoms with Gasteiger partial charge < -0.3 is 4.98 Å². The van der Waals surface area contributed by atoms with Crippen LogP contribution in [0.5, 0.6) is 0 Å². The number of para-hydroxylation sites is 1. The Kier molecular flexibility index (Phi) is 1.77. The van der Waals surface area contributed by atoms with Gasteiger partial charge in [-0.15, -0.1) is 0 Å². The van der Waals surface area contributed by atoms with Crippen LogP contribution in [-0.2, 0) is 21.3 Å². The van der Waals surface area contributed by atoms with Crippen molar-refractivity contribution in [1.82, 2.24) is 4.98 Å². The third-order valence-corrected chi connectivity index (χ3v) is 4.32. The third-order valence-electron chi connectivity index (χ3n) is 2.87. The second-order valence-electron chi connectivity index (χ2n) is 3.99. The number of pyridine rings is 1. The van der Waals surface area contributed by atoms with Gasteiger partial charge in [0, 0.05) is 16.5 Å². The largest absolute Gasteiger partial charge is 0.322 e. The molecule has 1 aromatic heterocycles. The van der Waals surface area contributed by atoms with Gasteiger partial charge in [-0.2, -0.15) is 0 Å². The van der Waals surface area contributed by atoms with E-state index >= 15 is 0 Å². The van der Waals surface area contributed by atoms with Crippen molar-refractivity contribution in [3.8, 4) is 0 Å². The first-order valence-corrected chi connectivity index (χ1v) is 6.72. The van der Waals surface area contributed by atoms with Crippen LogP contribution in [0.4, 0.5) is 0 Å². The van der Waals surface area contributed by atoms with Gasteiger partial charge in [-0.25, -0.2) is 8.42 Å². The van der Waals surface area contributed by atoms with Crippen molar-refractivity contribution < 1.29 is 8.42 Å². The number of aromatic nitrogens is 1. The Hall–Kier alpha value is -1.62. The fourth-order valence-electron chi connectivity index (χ4n) is 2.16. The highest BCUT2D eigenvalue weighted by Gasteiger charge is 2.28. The molecule has 0 saturated heterocycles. The molecule has 2 heterocycles. The Labute approximate surface area is 91.8 Å². The van der Waals surface area contributed by atoms with Gasteiger partial charge in [-0.3, -0.25) is 4.79 Å². The summed E-state index contributed by atoms with van der Waals surface area (Å²) in [4.78, 5) is 14.4. The van der Waals surface area contributed by atoms with E-state index in [0.717, 1.165) is 5.39 Å². The Morgan fingerprint density at radius 1 is 1.06 bits per heavy atom. The SMILES string of the molecule is O=c1[nH]c2ccccc2c2c1CS(=O)(=O)C2. The molecular weight excluding hydrogens is 226 g/mol. The normalized spacial score (nSPS) is 17.5. The first kappa shape index (κ1) is 9.59. The molecule has 0 bridgehead atoms. The van der Waals surface area contributed by atoms with Gasteiger partial charge in [0.05, 0.1) is 11.5 Å². The first-order valence-electron chi connectivity index (χ1n) is 4.90. The highest BCUT2D eigenvalue weighted by molar-refractivity contribution is 7.90. The number of fused-ring (bicyclic) bond motifs is 3. The van der Waals surface area contributed by atoms with Crippen LogP contribution in [0, 0.1) is 0 Å². The quantitative estimate of drug-likeness (QED) is 0.739. The van der Waals surface area contributed by atoms with Gasteiger partial charge in [0.2, 0.25) is 0 Å². The number of H-pyrrole nitrogens is 1. The molecule has 0 unspecified atom stereocenters. The third kappa shape index (κ3) is 1.28. The maximum Gasteiger partial charge on any atom is 0.252 e. The Balaban J connectivity index is 2.49.